The summed E-state index contributed by atoms with van der Waals surface area (Å²) in [6.07, 6.45) is 91.2. The standard InChI is InChI=1S/C89H152O17P2/c1-5-9-13-17-21-25-29-33-37-40-41-44-47-50-54-58-62-66-70-74-87(92)100-79-84(105-88(93)75-71-67-63-59-55-51-45-36-32-28-24-20-16-12-8-4)81-103-107(95,96)101-77-83(90)78-102-108(97,98)104-82-85(106-89(94)76-72-68-64-60-56-52-48-43-39-35-31-27-23-19-15-11-7-3)80-99-86(91)73-69-65-61-57-53-49-46-42-38-34-30-26-22-18-14-10-6-2/h9-11,13-15,21-23,25-27,33-35,37-39,41,44,50,54,83-85,90H,5-8,12,16-20,24,28-32,36,40,42-43,45-49,51-53,55-82H2,1-4H3,(H,95,96)(H,97,98)/b13-9-,14-10-,15-11-,25-21-,26-22-,27-23-,37-33-,38-34-,39-35-,44-41-,54-50-. The number of hydrogen-bond acceptors (Lipinski definition) is 15. The number of rotatable bonds is 79. The van der Waals surface area contributed by atoms with Crippen LogP contribution in [-0.2, 0) is 65.4 Å². The molecule has 19 heteroatoms. The van der Waals surface area contributed by atoms with Crippen molar-refractivity contribution in [3.8, 4) is 0 Å². The van der Waals surface area contributed by atoms with E-state index >= 15 is 0 Å². The van der Waals surface area contributed by atoms with E-state index in [4.69, 9.17) is 37.0 Å². The second-order valence-electron chi connectivity index (χ2n) is 28.0. The second-order valence-corrected chi connectivity index (χ2v) is 30.9. The van der Waals surface area contributed by atoms with Crippen LogP contribution in [0.2, 0.25) is 0 Å². The number of phosphoric ester groups is 2. The predicted molar refractivity (Wildman–Crippen MR) is 445 cm³/mol. The van der Waals surface area contributed by atoms with Crippen molar-refractivity contribution < 1.29 is 80.2 Å². The van der Waals surface area contributed by atoms with Gasteiger partial charge in [0.2, 0.25) is 0 Å². The van der Waals surface area contributed by atoms with Gasteiger partial charge in [-0.2, -0.15) is 0 Å². The molecule has 5 atom stereocenters. The van der Waals surface area contributed by atoms with Crippen molar-refractivity contribution in [1.29, 1.82) is 0 Å². The maximum absolute atomic E-state index is 13.1. The number of carbonyl (C=O) groups is 4. The molecule has 0 aromatic carbocycles. The van der Waals surface area contributed by atoms with Crippen molar-refractivity contribution in [1.82, 2.24) is 0 Å². The molecular weight excluding hydrogens is 1400 g/mol. The number of hydrogen-bond donors (Lipinski definition) is 3. The molecule has 0 rings (SSSR count). The fourth-order valence-corrected chi connectivity index (χ4v) is 12.9. The van der Waals surface area contributed by atoms with Gasteiger partial charge >= 0.3 is 39.5 Å². The molecular formula is C89H152O17P2. The number of carbonyl (C=O) groups excluding carboxylic acids is 4. The van der Waals surface area contributed by atoms with Crippen molar-refractivity contribution in [2.75, 3.05) is 39.6 Å². The van der Waals surface area contributed by atoms with Gasteiger partial charge in [-0.15, -0.1) is 0 Å². The van der Waals surface area contributed by atoms with E-state index in [-0.39, 0.29) is 25.7 Å². The zero-order chi connectivity index (χ0) is 78.9. The lowest BCUT2D eigenvalue weighted by Gasteiger charge is -2.21. The fourth-order valence-electron chi connectivity index (χ4n) is 11.3. The fraction of sp³-hybridized carbons (Fsp3) is 0.708. The minimum absolute atomic E-state index is 0.0787. The molecule has 0 aromatic heterocycles. The number of unbranched alkanes of at least 4 members (excludes halogenated alkanes) is 31. The molecule has 108 heavy (non-hydrogen) atoms. The third-order valence-corrected chi connectivity index (χ3v) is 19.5. The molecule has 0 aromatic rings. The first-order valence-corrected chi connectivity index (χ1v) is 45.4. The zero-order valence-corrected chi connectivity index (χ0v) is 69.8. The lowest BCUT2D eigenvalue weighted by Crippen LogP contribution is -2.30. The van der Waals surface area contributed by atoms with Crippen LogP contribution < -0.4 is 0 Å². The van der Waals surface area contributed by atoms with Crippen LogP contribution in [0.5, 0.6) is 0 Å². The lowest BCUT2D eigenvalue weighted by atomic mass is 10.0. The van der Waals surface area contributed by atoms with E-state index in [1.165, 1.54) is 64.2 Å². The summed E-state index contributed by atoms with van der Waals surface area (Å²) in [5, 5.41) is 10.7. The molecule has 17 nitrogen and oxygen atoms in total. The molecule has 0 saturated carbocycles. The van der Waals surface area contributed by atoms with E-state index in [1.54, 1.807) is 0 Å². The Labute approximate surface area is 656 Å². The molecule has 3 N–H and O–H groups in total. The Morgan fingerprint density at radius 1 is 0.269 bits per heavy atom. The lowest BCUT2D eigenvalue weighted by molar-refractivity contribution is -0.161. The SMILES string of the molecule is CC/C=C\C/C=C\C/C=C\C/C=C\C/C=C\CCCCCC(=O)OCC(COP(=O)(O)OCC(O)COP(=O)(O)OCC(COC(=O)CCCCCCCCC/C=C\C/C=C\C/C=C\CC)OC(=O)CCCCCCCCC/C=C\C/C=C\C/C=C\CC)OC(=O)CCCCCCCCCCCCCCCCC. The van der Waals surface area contributed by atoms with Gasteiger partial charge in [-0.3, -0.25) is 37.3 Å². The molecule has 0 radical (unpaired) electrons. The van der Waals surface area contributed by atoms with Gasteiger partial charge in [0.05, 0.1) is 26.4 Å². The average molecular weight is 1560 g/mol. The van der Waals surface area contributed by atoms with Crippen LogP contribution in [0.1, 0.15) is 349 Å². The van der Waals surface area contributed by atoms with Crippen molar-refractivity contribution in [3.63, 3.8) is 0 Å². The number of esters is 4. The summed E-state index contributed by atoms with van der Waals surface area (Å²) in [5.41, 5.74) is 0. The van der Waals surface area contributed by atoms with E-state index in [1.807, 2.05) is 0 Å². The number of ether oxygens (including phenoxy) is 4. The van der Waals surface area contributed by atoms with Crippen LogP contribution in [0, 0.1) is 0 Å². The summed E-state index contributed by atoms with van der Waals surface area (Å²) >= 11 is 0. The third-order valence-electron chi connectivity index (χ3n) is 17.6. The highest BCUT2D eigenvalue weighted by atomic mass is 31.2. The maximum Gasteiger partial charge on any atom is 0.472 e. The second kappa shape index (κ2) is 80.3. The van der Waals surface area contributed by atoms with Crippen LogP contribution in [0.4, 0.5) is 0 Å². The molecule has 620 valence electrons. The first-order valence-electron chi connectivity index (χ1n) is 42.4. The molecule has 0 spiro atoms. The Morgan fingerprint density at radius 3 is 0.750 bits per heavy atom. The highest BCUT2D eigenvalue weighted by molar-refractivity contribution is 7.47. The summed E-state index contributed by atoms with van der Waals surface area (Å²) in [5.74, 6) is -2.22. The number of aliphatic hydroxyl groups excluding tert-OH is 1. The van der Waals surface area contributed by atoms with Crippen LogP contribution in [0.15, 0.2) is 134 Å². The van der Waals surface area contributed by atoms with Gasteiger partial charge in [0.15, 0.2) is 12.2 Å². The van der Waals surface area contributed by atoms with Gasteiger partial charge in [-0.05, 0) is 135 Å². The minimum Gasteiger partial charge on any atom is -0.462 e. The highest BCUT2D eigenvalue weighted by Gasteiger charge is 2.30. The van der Waals surface area contributed by atoms with Gasteiger partial charge in [-0.25, -0.2) is 9.13 Å². The Bertz CT molecular complexity index is 2560. The Balaban J connectivity index is 5.41. The van der Waals surface area contributed by atoms with E-state index < -0.39 is 97.5 Å². The summed E-state index contributed by atoms with van der Waals surface area (Å²) in [7, 11) is -9.98. The summed E-state index contributed by atoms with van der Waals surface area (Å²) < 4.78 is 68.8. The van der Waals surface area contributed by atoms with Gasteiger partial charge in [0, 0.05) is 25.7 Å². The zero-order valence-electron chi connectivity index (χ0n) is 68.0. The van der Waals surface area contributed by atoms with Crippen molar-refractivity contribution in [3.05, 3.63) is 134 Å². The van der Waals surface area contributed by atoms with E-state index in [0.29, 0.717) is 25.7 Å². The number of phosphoric acid groups is 2. The molecule has 0 aliphatic carbocycles. The van der Waals surface area contributed by atoms with Crippen molar-refractivity contribution in [2.45, 2.75) is 367 Å². The van der Waals surface area contributed by atoms with Crippen LogP contribution in [0.3, 0.4) is 0 Å². The quantitative estimate of drug-likeness (QED) is 0.0169. The van der Waals surface area contributed by atoms with Gasteiger partial charge in [0.1, 0.15) is 19.3 Å². The Hall–Kier alpha value is -4.80. The maximum atomic E-state index is 13.1. The van der Waals surface area contributed by atoms with E-state index in [2.05, 4.69) is 161 Å². The molecule has 5 unspecified atom stereocenters. The number of aliphatic hydroxyl groups is 1. The topological polar surface area (TPSA) is 237 Å². The monoisotopic (exact) mass is 1560 g/mol. The molecule has 0 fully saturated rings. The van der Waals surface area contributed by atoms with Crippen LogP contribution in [0.25, 0.3) is 0 Å². The largest absolute Gasteiger partial charge is 0.472 e. The molecule has 0 heterocycles. The molecule has 0 bridgehead atoms. The number of allylic oxidation sites excluding steroid dienone is 22. The minimum atomic E-state index is -4.99. The smallest absolute Gasteiger partial charge is 0.462 e. The van der Waals surface area contributed by atoms with E-state index in [0.717, 1.165) is 205 Å². The molecule has 0 aliphatic rings. The summed E-state index contributed by atoms with van der Waals surface area (Å²) in [6, 6.07) is 0. The average Bonchev–Trinajstić information content (AvgIpc) is 0.901. The summed E-state index contributed by atoms with van der Waals surface area (Å²) in [6.45, 7) is 4.54. The first kappa shape index (κ1) is 103. The van der Waals surface area contributed by atoms with Gasteiger partial charge < -0.3 is 33.8 Å². The van der Waals surface area contributed by atoms with Crippen molar-refractivity contribution >= 4 is 39.5 Å². The molecule has 0 amide bonds. The van der Waals surface area contributed by atoms with Crippen LogP contribution >= 0.6 is 15.6 Å². The highest BCUT2D eigenvalue weighted by Crippen LogP contribution is 2.45. The molecule has 0 saturated heterocycles. The Morgan fingerprint density at radius 2 is 0.481 bits per heavy atom. The Kier molecular flexibility index (Phi) is 76.7. The predicted octanol–water partition coefficient (Wildman–Crippen LogP) is 25.2. The third kappa shape index (κ3) is 79.3. The first-order chi connectivity index (χ1) is 52.7. The molecule has 0 aliphatic heterocycles. The van der Waals surface area contributed by atoms with Crippen molar-refractivity contribution in [2.24, 2.45) is 0 Å². The van der Waals surface area contributed by atoms with Gasteiger partial charge in [0.25, 0.3) is 0 Å². The van der Waals surface area contributed by atoms with Gasteiger partial charge in [-0.1, -0.05) is 322 Å². The summed E-state index contributed by atoms with van der Waals surface area (Å²) in [4.78, 5) is 73.3. The normalized spacial score (nSPS) is 14.5. The van der Waals surface area contributed by atoms with Crippen LogP contribution in [-0.4, -0.2) is 96.7 Å². The van der Waals surface area contributed by atoms with E-state index in [9.17, 15) is 43.2 Å².